The van der Waals surface area contributed by atoms with Gasteiger partial charge in [-0.1, -0.05) is 50.6 Å². The van der Waals surface area contributed by atoms with Crippen molar-refractivity contribution in [3.05, 3.63) is 35.4 Å². The molecule has 0 saturated heterocycles. The Hall–Kier alpha value is -0.860. The predicted octanol–water partition coefficient (Wildman–Crippen LogP) is 4.23. The fourth-order valence-corrected chi connectivity index (χ4v) is 4.67. The Morgan fingerprint density at radius 3 is 2.62 bits per heavy atom. The molecule has 0 heterocycles. The Balaban J connectivity index is 1.80. The average molecular weight is 287 g/mol. The number of aryl methyl sites for hydroxylation is 1. The van der Waals surface area contributed by atoms with Crippen LogP contribution in [-0.2, 0) is 4.74 Å². The van der Waals surface area contributed by atoms with Crippen LogP contribution in [0.3, 0.4) is 0 Å². The van der Waals surface area contributed by atoms with Crippen molar-refractivity contribution in [2.24, 2.45) is 22.5 Å². The smallest absolute Gasteiger partial charge is 0.0951 e. The second-order valence-electron chi connectivity index (χ2n) is 7.87. The summed E-state index contributed by atoms with van der Waals surface area (Å²) in [6.07, 6.45) is 4.23. The fourth-order valence-electron chi connectivity index (χ4n) is 4.67. The van der Waals surface area contributed by atoms with Crippen LogP contribution in [0.2, 0.25) is 0 Å². The maximum atomic E-state index is 6.55. The highest BCUT2D eigenvalue weighted by atomic mass is 16.5. The van der Waals surface area contributed by atoms with Gasteiger partial charge in [0, 0.05) is 6.54 Å². The van der Waals surface area contributed by atoms with Crippen molar-refractivity contribution in [3.8, 4) is 0 Å². The Kier molecular flexibility index (Phi) is 3.66. The van der Waals surface area contributed by atoms with Crippen molar-refractivity contribution in [2.45, 2.75) is 59.2 Å². The van der Waals surface area contributed by atoms with Crippen molar-refractivity contribution in [1.82, 2.24) is 0 Å². The molecule has 1 aromatic rings. The normalized spacial score (nSPS) is 35.1. The molecule has 2 nitrogen and oxygen atoms in total. The zero-order chi connectivity index (χ0) is 15.3. The molecule has 3 rings (SSSR count). The number of benzene rings is 1. The van der Waals surface area contributed by atoms with E-state index in [-0.39, 0.29) is 6.10 Å². The van der Waals surface area contributed by atoms with Gasteiger partial charge in [-0.15, -0.1) is 0 Å². The molecule has 2 heteroatoms. The molecule has 2 aliphatic rings. The molecule has 0 amide bonds. The molecule has 2 N–H and O–H groups in total. The molecule has 4 atom stereocenters. The van der Waals surface area contributed by atoms with Crippen LogP contribution in [0, 0.1) is 23.7 Å². The molecule has 0 radical (unpaired) electrons. The second kappa shape index (κ2) is 5.10. The fraction of sp³-hybridized carbons (Fsp3) is 0.684. The molecule has 2 aliphatic carbocycles. The minimum atomic E-state index is 0.0295. The highest BCUT2D eigenvalue weighted by Crippen LogP contribution is 2.66. The Morgan fingerprint density at radius 2 is 2.10 bits per heavy atom. The molecule has 1 aromatic carbocycles. The van der Waals surface area contributed by atoms with E-state index in [1.54, 1.807) is 0 Å². The zero-order valence-electron chi connectivity index (χ0n) is 13.9. The average Bonchev–Trinajstić information content (AvgIpc) is 2.77. The largest absolute Gasteiger partial charge is 0.368 e. The van der Waals surface area contributed by atoms with Gasteiger partial charge in [0.1, 0.15) is 0 Å². The van der Waals surface area contributed by atoms with E-state index >= 15 is 0 Å². The first-order chi connectivity index (χ1) is 9.88. The lowest BCUT2D eigenvalue weighted by Gasteiger charge is -2.40. The monoisotopic (exact) mass is 287 g/mol. The number of nitrogens with two attached hydrogens (primary N) is 1. The van der Waals surface area contributed by atoms with Crippen LogP contribution in [0.25, 0.3) is 0 Å². The van der Waals surface area contributed by atoms with E-state index in [4.69, 9.17) is 10.5 Å². The summed E-state index contributed by atoms with van der Waals surface area (Å²) in [7, 11) is 0. The summed E-state index contributed by atoms with van der Waals surface area (Å²) < 4.78 is 6.55. The molecular weight excluding hydrogens is 258 g/mol. The van der Waals surface area contributed by atoms with Crippen LogP contribution in [0.4, 0.5) is 0 Å². The summed E-state index contributed by atoms with van der Waals surface area (Å²) in [5.74, 6) is 0.809. The van der Waals surface area contributed by atoms with Crippen LogP contribution in [0.5, 0.6) is 0 Å². The molecule has 4 unspecified atom stereocenters. The molecule has 21 heavy (non-hydrogen) atoms. The van der Waals surface area contributed by atoms with Gasteiger partial charge in [0.15, 0.2) is 0 Å². The van der Waals surface area contributed by atoms with Gasteiger partial charge in [-0.2, -0.15) is 0 Å². The highest BCUT2D eigenvalue weighted by molar-refractivity contribution is 5.25. The van der Waals surface area contributed by atoms with E-state index in [1.165, 1.54) is 30.4 Å². The minimum absolute atomic E-state index is 0.0295. The summed E-state index contributed by atoms with van der Waals surface area (Å²) in [6.45, 7) is 9.96. The van der Waals surface area contributed by atoms with E-state index in [9.17, 15) is 0 Å². The Bertz CT molecular complexity index is 524. The van der Waals surface area contributed by atoms with Gasteiger partial charge in [0.05, 0.1) is 12.2 Å². The Labute approximate surface area is 129 Å². The summed E-state index contributed by atoms with van der Waals surface area (Å²) in [4.78, 5) is 0. The molecule has 0 aromatic heterocycles. The molecule has 0 spiro atoms. The molecule has 116 valence electrons. The van der Waals surface area contributed by atoms with Crippen molar-refractivity contribution >= 4 is 0 Å². The van der Waals surface area contributed by atoms with E-state index in [2.05, 4.69) is 52.0 Å². The van der Waals surface area contributed by atoms with Crippen molar-refractivity contribution in [2.75, 3.05) is 6.54 Å². The first kappa shape index (κ1) is 15.1. The van der Waals surface area contributed by atoms with Crippen molar-refractivity contribution in [3.63, 3.8) is 0 Å². The molecule has 2 saturated carbocycles. The predicted molar refractivity (Wildman–Crippen MR) is 87.1 cm³/mol. The number of rotatable bonds is 4. The third kappa shape index (κ3) is 2.24. The zero-order valence-corrected chi connectivity index (χ0v) is 13.9. The topological polar surface area (TPSA) is 35.2 Å². The van der Waals surface area contributed by atoms with Gasteiger partial charge in [-0.05, 0) is 48.5 Å². The number of ether oxygens (including phenoxy) is 1. The lowest BCUT2D eigenvalue weighted by molar-refractivity contribution is -0.0849. The van der Waals surface area contributed by atoms with Crippen molar-refractivity contribution < 1.29 is 4.74 Å². The van der Waals surface area contributed by atoms with E-state index < -0.39 is 0 Å². The number of hydrogen-bond donors (Lipinski definition) is 1. The SMILES string of the molecule is Cc1cccc(C(CN)OC2CC3CCC2(C)C3(C)C)c1. The Morgan fingerprint density at radius 1 is 1.33 bits per heavy atom. The standard InChI is InChI=1S/C19H29NO/c1-13-6-5-7-14(10-13)16(12-20)21-17-11-15-8-9-19(17,4)18(15,2)3/h5-7,10,15-17H,8-9,11-12,20H2,1-4H3. The van der Waals surface area contributed by atoms with E-state index in [1.807, 2.05) is 0 Å². The lowest BCUT2D eigenvalue weighted by atomic mass is 9.70. The van der Waals surface area contributed by atoms with Crippen LogP contribution in [0.1, 0.15) is 57.3 Å². The minimum Gasteiger partial charge on any atom is -0.368 e. The third-order valence-corrected chi connectivity index (χ3v) is 6.67. The van der Waals surface area contributed by atoms with Crippen molar-refractivity contribution in [1.29, 1.82) is 0 Å². The summed E-state index contributed by atoms with van der Waals surface area (Å²) in [5, 5.41) is 0. The van der Waals surface area contributed by atoms with Crippen LogP contribution < -0.4 is 5.73 Å². The number of fused-ring (bicyclic) bond motifs is 2. The van der Waals surface area contributed by atoms with Gasteiger partial charge >= 0.3 is 0 Å². The maximum absolute atomic E-state index is 6.55. The molecular formula is C19H29NO. The van der Waals surface area contributed by atoms with Gasteiger partial charge < -0.3 is 10.5 Å². The van der Waals surface area contributed by atoms with Gasteiger partial charge in [-0.3, -0.25) is 0 Å². The first-order valence-corrected chi connectivity index (χ1v) is 8.30. The van der Waals surface area contributed by atoms with Gasteiger partial charge in [0.25, 0.3) is 0 Å². The van der Waals surface area contributed by atoms with E-state index in [0.717, 1.165) is 5.92 Å². The second-order valence-corrected chi connectivity index (χ2v) is 7.87. The first-order valence-electron chi connectivity index (χ1n) is 8.30. The van der Waals surface area contributed by atoms with Gasteiger partial charge in [-0.25, -0.2) is 0 Å². The quantitative estimate of drug-likeness (QED) is 0.899. The number of hydrogen-bond acceptors (Lipinski definition) is 2. The highest BCUT2D eigenvalue weighted by Gasteiger charge is 2.62. The van der Waals surface area contributed by atoms with Gasteiger partial charge in [0.2, 0.25) is 0 Å². The van der Waals surface area contributed by atoms with Crippen LogP contribution in [0.15, 0.2) is 24.3 Å². The van der Waals surface area contributed by atoms with Crippen LogP contribution >= 0.6 is 0 Å². The third-order valence-electron chi connectivity index (χ3n) is 6.67. The summed E-state index contributed by atoms with van der Waals surface area (Å²) in [6, 6.07) is 8.57. The maximum Gasteiger partial charge on any atom is 0.0951 e. The lowest BCUT2D eigenvalue weighted by Crippen LogP contribution is -2.38. The molecule has 2 fully saturated rings. The van der Waals surface area contributed by atoms with E-state index in [0.29, 0.717) is 23.5 Å². The molecule has 0 aliphatic heterocycles. The van der Waals surface area contributed by atoms with Crippen LogP contribution in [-0.4, -0.2) is 12.6 Å². The summed E-state index contributed by atoms with van der Waals surface area (Å²) in [5.41, 5.74) is 9.21. The summed E-state index contributed by atoms with van der Waals surface area (Å²) >= 11 is 0. The molecule has 2 bridgehead atoms.